The summed E-state index contributed by atoms with van der Waals surface area (Å²) < 4.78 is 5.26. The van der Waals surface area contributed by atoms with E-state index in [1.165, 1.54) is 0 Å². The first-order valence-electron chi connectivity index (χ1n) is 7.75. The largest absolute Gasteiger partial charge is 0.448 e. The molecule has 1 atom stereocenters. The first kappa shape index (κ1) is 15.8. The SMILES string of the molecule is CCc1ccc2c(c1)CC(C(=O)Nc1ccccc1C#N)OC2=O. The van der Waals surface area contributed by atoms with Gasteiger partial charge in [-0.15, -0.1) is 0 Å². The Balaban J connectivity index is 1.82. The number of hydrogen-bond acceptors (Lipinski definition) is 4. The van der Waals surface area contributed by atoms with E-state index in [2.05, 4.69) is 5.32 Å². The number of hydrogen-bond donors (Lipinski definition) is 1. The molecule has 1 aliphatic rings. The van der Waals surface area contributed by atoms with E-state index >= 15 is 0 Å². The molecular formula is C19H16N2O3. The Kier molecular flexibility index (Phi) is 4.30. The molecule has 0 spiro atoms. The average molecular weight is 320 g/mol. The lowest BCUT2D eigenvalue weighted by Crippen LogP contribution is -2.38. The van der Waals surface area contributed by atoms with E-state index in [0.29, 0.717) is 23.2 Å². The molecule has 1 amide bonds. The summed E-state index contributed by atoms with van der Waals surface area (Å²) in [7, 11) is 0. The van der Waals surface area contributed by atoms with Gasteiger partial charge in [-0.1, -0.05) is 31.2 Å². The fourth-order valence-electron chi connectivity index (χ4n) is 2.72. The lowest BCUT2D eigenvalue weighted by Gasteiger charge is -2.24. The van der Waals surface area contributed by atoms with E-state index in [1.807, 2.05) is 25.1 Å². The number of aryl methyl sites for hydroxylation is 1. The van der Waals surface area contributed by atoms with Crippen molar-refractivity contribution in [2.24, 2.45) is 0 Å². The van der Waals surface area contributed by atoms with Crippen LogP contribution in [0.25, 0.3) is 0 Å². The van der Waals surface area contributed by atoms with Gasteiger partial charge in [0.25, 0.3) is 5.91 Å². The molecule has 0 aliphatic carbocycles. The Bertz CT molecular complexity index is 852. The fraction of sp³-hybridized carbons (Fsp3) is 0.211. The van der Waals surface area contributed by atoms with E-state index in [4.69, 9.17) is 10.00 Å². The van der Waals surface area contributed by atoms with Crippen molar-refractivity contribution < 1.29 is 14.3 Å². The number of fused-ring (bicyclic) bond motifs is 1. The number of nitrogens with zero attached hydrogens (tertiary/aromatic N) is 1. The number of carbonyl (C=O) groups excluding carboxylic acids is 2. The number of esters is 1. The van der Waals surface area contributed by atoms with Gasteiger partial charge in [0, 0.05) is 6.42 Å². The minimum Gasteiger partial charge on any atom is -0.448 e. The number of amides is 1. The van der Waals surface area contributed by atoms with Crippen LogP contribution in [0.15, 0.2) is 42.5 Å². The summed E-state index contributed by atoms with van der Waals surface area (Å²) in [6, 6.07) is 14.3. The first-order valence-corrected chi connectivity index (χ1v) is 7.75. The van der Waals surface area contributed by atoms with Crippen LogP contribution in [-0.4, -0.2) is 18.0 Å². The molecule has 120 valence electrons. The van der Waals surface area contributed by atoms with Gasteiger partial charge in [0.15, 0.2) is 6.10 Å². The molecule has 0 saturated carbocycles. The van der Waals surface area contributed by atoms with Gasteiger partial charge >= 0.3 is 5.97 Å². The van der Waals surface area contributed by atoms with Crippen molar-refractivity contribution in [3.63, 3.8) is 0 Å². The maximum atomic E-state index is 12.4. The minimum atomic E-state index is -0.899. The Morgan fingerprint density at radius 1 is 1.33 bits per heavy atom. The van der Waals surface area contributed by atoms with Crippen LogP contribution >= 0.6 is 0 Å². The monoisotopic (exact) mass is 320 g/mol. The molecule has 0 radical (unpaired) electrons. The summed E-state index contributed by atoms with van der Waals surface area (Å²) in [5.41, 5.74) is 3.21. The number of para-hydroxylation sites is 1. The van der Waals surface area contributed by atoms with Gasteiger partial charge in [-0.05, 0) is 35.7 Å². The van der Waals surface area contributed by atoms with E-state index in [9.17, 15) is 9.59 Å². The van der Waals surface area contributed by atoms with Gasteiger partial charge in [-0.3, -0.25) is 4.79 Å². The van der Waals surface area contributed by atoms with Gasteiger partial charge in [-0.25, -0.2) is 4.79 Å². The van der Waals surface area contributed by atoms with E-state index in [1.54, 1.807) is 30.3 Å². The van der Waals surface area contributed by atoms with Crippen molar-refractivity contribution in [2.75, 3.05) is 5.32 Å². The van der Waals surface area contributed by atoms with Gasteiger partial charge in [0.05, 0.1) is 16.8 Å². The van der Waals surface area contributed by atoms with Crippen LogP contribution in [0, 0.1) is 11.3 Å². The van der Waals surface area contributed by atoms with Gasteiger partial charge in [-0.2, -0.15) is 5.26 Å². The Morgan fingerprint density at radius 2 is 2.12 bits per heavy atom. The van der Waals surface area contributed by atoms with Crippen LogP contribution < -0.4 is 5.32 Å². The number of benzene rings is 2. The molecule has 24 heavy (non-hydrogen) atoms. The number of carbonyl (C=O) groups is 2. The van der Waals surface area contributed by atoms with Crippen molar-refractivity contribution in [1.29, 1.82) is 5.26 Å². The summed E-state index contributed by atoms with van der Waals surface area (Å²) in [6.45, 7) is 2.03. The highest BCUT2D eigenvalue weighted by Crippen LogP contribution is 2.24. The van der Waals surface area contributed by atoms with Crippen LogP contribution in [0.2, 0.25) is 0 Å². The second-order valence-corrected chi connectivity index (χ2v) is 5.59. The third-order valence-electron chi connectivity index (χ3n) is 4.05. The van der Waals surface area contributed by atoms with Crippen LogP contribution in [0.3, 0.4) is 0 Å². The number of nitrogens with one attached hydrogen (secondary N) is 1. The summed E-state index contributed by atoms with van der Waals surface area (Å²) in [5.74, 6) is -0.925. The number of anilines is 1. The molecule has 0 bridgehead atoms. The molecule has 2 aromatic rings. The Morgan fingerprint density at radius 3 is 2.88 bits per heavy atom. The second kappa shape index (κ2) is 6.55. The van der Waals surface area contributed by atoms with Crippen LogP contribution in [-0.2, 0) is 22.4 Å². The smallest absolute Gasteiger partial charge is 0.339 e. The molecule has 1 aliphatic heterocycles. The maximum Gasteiger partial charge on any atom is 0.339 e. The highest BCUT2D eigenvalue weighted by molar-refractivity contribution is 6.00. The first-order chi connectivity index (χ1) is 11.6. The molecule has 0 aromatic heterocycles. The molecule has 5 nitrogen and oxygen atoms in total. The minimum absolute atomic E-state index is 0.329. The van der Waals surface area contributed by atoms with Crippen LogP contribution in [0.1, 0.15) is 34.0 Å². The predicted molar refractivity (Wildman–Crippen MR) is 88.5 cm³/mol. The molecule has 1 heterocycles. The molecule has 0 fully saturated rings. The molecular weight excluding hydrogens is 304 g/mol. The van der Waals surface area contributed by atoms with Crippen LogP contribution in [0.4, 0.5) is 5.69 Å². The lowest BCUT2D eigenvalue weighted by molar-refractivity contribution is -0.125. The maximum absolute atomic E-state index is 12.4. The van der Waals surface area contributed by atoms with E-state index < -0.39 is 18.0 Å². The quantitative estimate of drug-likeness (QED) is 0.882. The number of ether oxygens (including phenoxy) is 1. The van der Waals surface area contributed by atoms with E-state index in [-0.39, 0.29) is 0 Å². The van der Waals surface area contributed by atoms with Gasteiger partial charge < -0.3 is 10.1 Å². The van der Waals surface area contributed by atoms with Crippen LogP contribution in [0.5, 0.6) is 0 Å². The zero-order valence-electron chi connectivity index (χ0n) is 13.2. The predicted octanol–water partition coefficient (Wildman–Crippen LogP) is 2.84. The van der Waals surface area contributed by atoms with Crippen molar-refractivity contribution in [2.45, 2.75) is 25.9 Å². The zero-order chi connectivity index (χ0) is 17.1. The van der Waals surface area contributed by atoms with Crippen molar-refractivity contribution >= 4 is 17.6 Å². The number of rotatable bonds is 3. The molecule has 5 heteroatoms. The van der Waals surface area contributed by atoms with Gasteiger partial charge in [0.1, 0.15) is 6.07 Å². The molecule has 1 N–H and O–H groups in total. The molecule has 3 rings (SSSR count). The summed E-state index contributed by atoms with van der Waals surface area (Å²) in [6.07, 6.45) is 0.286. The molecule has 0 saturated heterocycles. The highest BCUT2D eigenvalue weighted by atomic mass is 16.5. The second-order valence-electron chi connectivity index (χ2n) is 5.59. The molecule has 2 aromatic carbocycles. The lowest BCUT2D eigenvalue weighted by atomic mass is 9.95. The third kappa shape index (κ3) is 2.99. The Labute approximate surface area is 139 Å². The average Bonchev–Trinajstić information content (AvgIpc) is 2.61. The number of nitriles is 1. The zero-order valence-corrected chi connectivity index (χ0v) is 13.2. The summed E-state index contributed by atoms with van der Waals surface area (Å²) in [4.78, 5) is 24.6. The highest BCUT2D eigenvalue weighted by Gasteiger charge is 2.31. The number of cyclic esters (lactones) is 1. The van der Waals surface area contributed by atoms with Crippen molar-refractivity contribution in [1.82, 2.24) is 0 Å². The summed E-state index contributed by atoms with van der Waals surface area (Å²) in [5, 5.41) is 11.8. The third-order valence-corrected chi connectivity index (χ3v) is 4.05. The van der Waals surface area contributed by atoms with Crippen molar-refractivity contribution in [3.05, 3.63) is 64.7 Å². The van der Waals surface area contributed by atoms with Crippen molar-refractivity contribution in [3.8, 4) is 6.07 Å². The normalized spacial score (nSPS) is 15.8. The van der Waals surface area contributed by atoms with E-state index in [0.717, 1.165) is 17.5 Å². The Hall–Kier alpha value is -3.13. The topological polar surface area (TPSA) is 79.2 Å². The standard InChI is InChI=1S/C19H16N2O3/c1-2-12-7-8-15-14(9-12)10-17(24-19(15)23)18(22)21-16-6-4-3-5-13(16)11-20/h3-9,17H,2,10H2,1H3,(H,21,22). The molecule has 1 unspecified atom stereocenters. The van der Waals surface area contributed by atoms with Gasteiger partial charge in [0.2, 0.25) is 0 Å². The summed E-state index contributed by atoms with van der Waals surface area (Å²) >= 11 is 0. The fourth-order valence-corrected chi connectivity index (χ4v) is 2.72.